The zero-order valence-corrected chi connectivity index (χ0v) is 14.2. The summed E-state index contributed by atoms with van der Waals surface area (Å²) in [5.41, 5.74) is 2.09. The highest BCUT2D eigenvalue weighted by atomic mass is 16.1. The lowest BCUT2D eigenvalue weighted by Crippen LogP contribution is -2.46. The lowest BCUT2D eigenvalue weighted by atomic mass is 9.50. The number of allylic oxidation sites excluding steroid dienone is 2. The van der Waals surface area contributed by atoms with Crippen LogP contribution in [0.5, 0.6) is 0 Å². The Morgan fingerprint density at radius 1 is 1.14 bits per heavy atom. The van der Waals surface area contributed by atoms with Gasteiger partial charge in [-0.05, 0) is 73.7 Å². The van der Waals surface area contributed by atoms with E-state index in [1.807, 2.05) is 6.08 Å². The van der Waals surface area contributed by atoms with E-state index in [0.29, 0.717) is 11.2 Å². The first-order valence-corrected chi connectivity index (χ1v) is 9.32. The van der Waals surface area contributed by atoms with Gasteiger partial charge in [-0.2, -0.15) is 0 Å². The summed E-state index contributed by atoms with van der Waals surface area (Å²) < 4.78 is 0. The van der Waals surface area contributed by atoms with E-state index < -0.39 is 0 Å². The summed E-state index contributed by atoms with van der Waals surface area (Å²) in [6.45, 7) is 7.31. The summed E-state index contributed by atoms with van der Waals surface area (Å²) >= 11 is 0. The number of fused-ring (bicyclic) bond motifs is 3. The second kappa shape index (κ2) is 5.89. The Morgan fingerprint density at radius 3 is 2.67 bits per heavy atom. The molecule has 5 atom stereocenters. The minimum absolute atomic E-state index is 0.388. The van der Waals surface area contributed by atoms with Crippen LogP contribution in [0.1, 0.15) is 78.6 Å². The van der Waals surface area contributed by atoms with Gasteiger partial charge in [0.1, 0.15) is 0 Å². The fourth-order valence-corrected chi connectivity index (χ4v) is 5.89. The van der Waals surface area contributed by atoms with Crippen molar-refractivity contribution in [3.63, 3.8) is 0 Å². The Morgan fingerprint density at radius 2 is 1.95 bits per heavy atom. The van der Waals surface area contributed by atoms with E-state index in [4.69, 9.17) is 0 Å². The van der Waals surface area contributed by atoms with Gasteiger partial charge in [-0.1, -0.05) is 39.2 Å². The first kappa shape index (κ1) is 15.3. The minimum atomic E-state index is 0.388. The summed E-state index contributed by atoms with van der Waals surface area (Å²) in [4.78, 5) is 11.7. The van der Waals surface area contributed by atoms with E-state index in [0.717, 1.165) is 36.5 Å². The van der Waals surface area contributed by atoms with Crippen LogP contribution >= 0.6 is 0 Å². The lowest BCUT2D eigenvalue weighted by Gasteiger charge is -2.55. The van der Waals surface area contributed by atoms with Crippen molar-refractivity contribution in [2.75, 3.05) is 0 Å². The van der Waals surface area contributed by atoms with Gasteiger partial charge >= 0.3 is 0 Å². The van der Waals surface area contributed by atoms with Gasteiger partial charge in [0, 0.05) is 6.42 Å². The van der Waals surface area contributed by atoms with Crippen molar-refractivity contribution >= 4 is 5.78 Å². The zero-order chi connectivity index (χ0) is 15.0. The average Bonchev–Trinajstić information content (AvgIpc) is 2.49. The maximum Gasteiger partial charge on any atom is 0.155 e. The molecule has 0 spiro atoms. The van der Waals surface area contributed by atoms with E-state index >= 15 is 0 Å². The summed E-state index contributed by atoms with van der Waals surface area (Å²) in [6.07, 6.45) is 13.4. The number of hydrogen-bond donors (Lipinski definition) is 0. The summed E-state index contributed by atoms with van der Waals surface area (Å²) in [7, 11) is 0. The number of hydrogen-bond acceptors (Lipinski definition) is 1. The highest BCUT2D eigenvalue weighted by molar-refractivity contribution is 5.91. The first-order chi connectivity index (χ1) is 10.1. The molecule has 0 N–H and O–H groups in total. The molecular formula is C20H32O. The van der Waals surface area contributed by atoms with Crippen molar-refractivity contribution in [1.82, 2.24) is 0 Å². The Labute approximate surface area is 130 Å². The Bertz CT molecular complexity index is 435. The molecular weight excluding hydrogens is 256 g/mol. The molecule has 2 fully saturated rings. The highest BCUT2D eigenvalue weighted by Gasteiger charge is 2.49. The second-order valence-electron chi connectivity index (χ2n) is 8.14. The smallest absolute Gasteiger partial charge is 0.155 e. The van der Waals surface area contributed by atoms with Crippen LogP contribution in [0.3, 0.4) is 0 Å². The molecule has 21 heavy (non-hydrogen) atoms. The zero-order valence-electron chi connectivity index (χ0n) is 14.2. The van der Waals surface area contributed by atoms with Crippen LogP contribution in [-0.2, 0) is 4.79 Å². The normalized spacial score (nSPS) is 43.0. The van der Waals surface area contributed by atoms with Crippen LogP contribution < -0.4 is 0 Å². The quantitative estimate of drug-likeness (QED) is 0.666. The van der Waals surface area contributed by atoms with Crippen molar-refractivity contribution in [2.24, 2.45) is 29.1 Å². The molecule has 0 bridgehead atoms. The van der Waals surface area contributed by atoms with Crippen LogP contribution in [0, 0.1) is 29.1 Å². The SMILES string of the molecule is CCCC1C2CCC3=CC(=O)CCC3C2CCC1(C)CC. The molecule has 0 aromatic rings. The molecule has 3 aliphatic carbocycles. The minimum Gasteiger partial charge on any atom is -0.295 e. The van der Waals surface area contributed by atoms with Crippen molar-refractivity contribution < 1.29 is 4.79 Å². The number of carbonyl (C=O) groups is 1. The van der Waals surface area contributed by atoms with Gasteiger partial charge in [0.25, 0.3) is 0 Å². The monoisotopic (exact) mass is 288 g/mol. The molecule has 0 heterocycles. The van der Waals surface area contributed by atoms with Gasteiger partial charge in [0.2, 0.25) is 0 Å². The number of rotatable bonds is 3. The number of ketones is 1. The predicted octanol–water partition coefficient (Wildman–Crippen LogP) is 5.54. The molecule has 0 aliphatic heterocycles. The largest absolute Gasteiger partial charge is 0.295 e. The van der Waals surface area contributed by atoms with Crippen molar-refractivity contribution in [2.45, 2.75) is 78.6 Å². The van der Waals surface area contributed by atoms with Gasteiger partial charge in [0.05, 0.1) is 0 Å². The van der Waals surface area contributed by atoms with Crippen molar-refractivity contribution in [3.8, 4) is 0 Å². The lowest BCUT2D eigenvalue weighted by molar-refractivity contribution is -0.116. The van der Waals surface area contributed by atoms with E-state index in [1.54, 1.807) is 0 Å². The third-order valence-corrected chi connectivity index (χ3v) is 7.23. The molecule has 118 valence electrons. The van der Waals surface area contributed by atoms with Crippen LogP contribution in [-0.4, -0.2) is 5.78 Å². The molecule has 0 aromatic heterocycles. The topological polar surface area (TPSA) is 17.1 Å². The van der Waals surface area contributed by atoms with Crippen molar-refractivity contribution in [3.05, 3.63) is 11.6 Å². The molecule has 3 rings (SSSR count). The molecule has 0 aromatic carbocycles. The molecule has 0 radical (unpaired) electrons. The fraction of sp³-hybridized carbons (Fsp3) is 0.850. The third-order valence-electron chi connectivity index (χ3n) is 7.23. The third kappa shape index (κ3) is 2.62. The maximum atomic E-state index is 11.7. The average molecular weight is 288 g/mol. The maximum absolute atomic E-state index is 11.7. The van der Waals surface area contributed by atoms with Gasteiger partial charge in [-0.25, -0.2) is 0 Å². The van der Waals surface area contributed by atoms with Gasteiger partial charge in [-0.3, -0.25) is 4.79 Å². The number of carbonyl (C=O) groups excluding carboxylic acids is 1. The van der Waals surface area contributed by atoms with Gasteiger partial charge in [-0.15, -0.1) is 0 Å². The molecule has 0 amide bonds. The van der Waals surface area contributed by atoms with Crippen molar-refractivity contribution in [1.29, 1.82) is 0 Å². The molecule has 1 heteroatoms. The standard InChI is InChI=1S/C20H32O/c1-4-6-19-18-9-7-14-13-15(21)8-10-16(14)17(18)11-12-20(19,3)5-2/h13,16-19H,4-12H2,1-3H3. The summed E-state index contributed by atoms with van der Waals surface area (Å²) in [6, 6.07) is 0. The van der Waals surface area contributed by atoms with Gasteiger partial charge < -0.3 is 0 Å². The van der Waals surface area contributed by atoms with E-state index in [1.165, 1.54) is 50.5 Å². The Balaban J connectivity index is 1.85. The molecule has 3 aliphatic rings. The van der Waals surface area contributed by atoms with Crippen LogP contribution in [0.4, 0.5) is 0 Å². The van der Waals surface area contributed by atoms with Crippen LogP contribution in [0.15, 0.2) is 11.6 Å². The Hall–Kier alpha value is -0.590. The Kier molecular flexibility index (Phi) is 4.30. The second-order valence-corrected chi connectivity index (χ2v) is 8.14. The molecule has 5 unspecified atom stereocenters. The first-order valence-electron chi connectivity index (χ1n) is 9.32. The fourth-order valence-electron chi connectivity index (χ4n) is 5.89. The predicted molar refractivity (Wildman–Crippen MR) is 88.1 cm³/mol. The summed E-state index contributed by atoms with van der Waals surface area (Å²) in [5.74, 6) is 3.87. The van der Waals surface area contributed by atoms with E-state index in [2.05, 4.69) is 20.8 Å². The van der Waals surface area contributed by atoms with Crippen LogP contribution in [0.25, 0.3) is 0 Å². The molecule has 2 saturated carbocycles. The molecule has 1 nitrogen and oxygen atoms in total. The van der Waals surface area contributed by atoms with Crippen LogP contribution in [0.2, 0.25) is 0 Å². The molecule has 0 saturated heterocycles. The van der Waals surface area contributed by atoms with E-state index in [-0.39, 0.29) is 0 Å². The van der Waals surface area contributed by atoms with Gasteiger partial charge in [0.15, 0.2) is 5.78 Å². The summed E-state index contributed by atoms with van der Waals surface area (Å²) in [5, 5.41) is 0. The highest BCUT2D eigenvalue weighted by Crippen LogP contribution is 2.58. The van der Waals surface area contributed by atoms with E-state index in [9.17, 15) is 4.79 Å².